The zero-order valence-corrected chi connectivity index (χ0v) is 12.3. The van der Waals surface area contributed by atoms with Crippen LogP contribution in [0.25, 0.3) is 0 Å². The Morgan fingerprint density at radius 3 is 2.53 bits per heavy atom. The highest BCUT2D eigenvalue weighted by atomic mass is 35.5. The van der Waals surface area contributed by atoms with E-state index in [0.717, 1.165) is 12.0 Å². The van der Waals surface area contributed by atoms with Crippen LogP contribution in [0.4, 0.5) is 0 Å². The van der Waals surface area contributed by atoms with Crippen LogP contribution in [0.3, 0.4) is 0 Å². The lowest BCUT2D eigenvalue weighted by Gasteiger charge is -2.14. The minimum atomic E-state index is -0.0419. The largest absolute Gasteiger partial charge is 0.493 e. The summed E-state index contributed by atoms with van der Waals surface area (Å²) in [5, 5.41) is 2.89. The van der Waals surface area contributed by atoms with Crippen LogP contribution in [0.1, 0.15) is 18.9 Å². The number of alkyl halides is 1. The number of carbonyl (C=O) groups excluding carboxylic acids is 1. The van der Waals surface area contributed by atoms with Gasteiger partial charge >= 0.3 is 0 Å². The maximum absolute atomic E-state index is 11.9. The highest BCUT2D eigenvalue weighted by molar-refractivity contribution is 6.18. The fraction of sp³-hybridized carbons (Fsp3) is 0.500. The normalized spacial score (nSPS) is 11.8. The van der Waals surface area contributed by atoms with Gasteiger partial charge in [0.1, 0.15) is 0 Å². The van der Waals surface area contributed by atoms with E-state index in [1.807, 2.05) is 13.0 Å². The van der Waals surface area contributed by atoms with Gasteiger partial charge in [-0.3, -0.25) is 4.79 Å². The standard InChI is InChI=1S/C14H20ClNO3/c1-4-11(9-15)16-14(17)8-10-5-6-12(18-2)13(7-10)19-3/h5-7,11H,4,8-9H2,1-3H3,(H,16,17). The molecule has 0 saturated heterocycles. The molecule has 1 aromatic carbocycles. The summed E-state index contributed by atoms with van der Waals surface area (Å²) in [5.41, 5.74) is 0.875. The smallest absolute Gasteiger partial charge is 0.224 e. The van der Waals surface area contributed by atoms with Gasteiger partial charge in [0.2, 0.25) is 5.91 Å². The van der Waals surface area contributed by atoms with Gasteiger partial charge in [0.05, 0.1) is 20.6 Å². The number of halogens is 1. The van der Waals surface area contributed by atoms with E-state index in [1.165, 1.54) is 0 Å². The second-order valence-electron chi connectivity index (χ2n) is 4.19. The summed E-state index contributed by atoms with van der Waals surface area (Å²) in [4.78, 5) is 11.9. The number of hydrogen-bond acceptors (Lipinski definition) is 3. The minimum Gasteiger partial charge on any atom is -0.493 e. The second kappa shape index (κ2) is 7.89. The van der Waals surface area contributed by atoms with Crippen LogP contribution in [0, 0.1) is 0 Å². The minimum absolute atomic E-state index is 0.0225. The molecule has 4 nitrogen and oxygen atoms in total. The molecule has 1 rings (SSSR count). The van der Waals surface area contributed by atoms with Gasteiger partial charge in [-0.15, -0.1) is 11.6 Å². The van der Waals surface area contributed by atoms with Crippen molar-refractivity contribution in [3.05, 3.63) is 23.8 Å². The van der Waals surface area contributed by atoms with Gasteiger partial charge in [0.25, 0.3) is 0 Å². The molecule has 0 radical (unpaired) electrons. The van der Waals surface area contributed by atoms with Gasteiger partial charge in [0.15, 0.2) is 11.5 Å². The Balaban J connectivity index is 2.69. The molecule has 0 spiro atoms. The first-order chi connectivity index (χ1) is 9.14. The molecule has 1 unspecified atom stereocenters. The van der Waals surface area contributed by atoms with E-state index in [4.69, 9.17) is 21.1 Å². The summed E-state index contributed by atoms with van der Waals surface area (Å²) >= 11 is 5.75. The molecular weight excluding hydrogens is 266 g/mol. The summed E-state index contributed by atoms with van der Waals surface area (Å²) in [6.07, 6.45) is 1.12. The van der Waals surface area contributed by atoms with Crippen molar-refractivity contribution in [3.8, 4) is 11.5 Å². The van der Waals surface area contributed by atoms with E-state index in [1.54, 1.807) is 26.4 Å². The maximum atomic E-state index is 11.9. The molecule has 1 aromatic rings. The maximum Gasteiger partial charge on any atom is 0.224 e. The topological polar surface area (TPSA) is 47.6 Å². The average molecular weight is 286 g/mol. The first kappa shape index (κ1) is 15.6. The third-order valence-electron chi connectivity index (χ3n) is 2.86. The van der Waals surface area contributed by atoms with E-state index in [0.29, 0.717) is 23.8 Å². The average Bonchev–Trinajstić information content (AvgIpc) is 2.44. The van der Waals surface area contributed by atoms with E-state index in [2.05, 4.69) is 5.32 Å². The third kappa shape index (κ3) is 4.63. The van der Waals surface area contributed by atoms with Crippen LogP contribution in [0.2, 0.25) is 0 Å². The first-order valence-corrected chi connectivity index (χ1v) is 6.74. The van der Waals surface area contributed by atoms with Gasteiger partial charge in [-0.1, -0.05) is 13.0 Å². The monoisotopic (exact) mass is 285 g/mol. The van der Waals surface area contributed by atoms with Crippen molar-refractivity contribution in [2.75, 3.05) is 20.1 Å². The molecule has 19 heavy (non-hydrogen) atoms. The van der Waals surface area contributed by atoms with Crippen LogP contribution >= 0.6 is 11.6 Å². The molecule has 5 heteroatoms. The Bertz CT molecular complexity index is 419. The lowest BCUT2D eigenvalue weighted by atomic mass is 10.1. The van der Waals surface area contributed by atoms with E-state index >= 15 is 0 Å². The SMILES string of the molecule is CCC(CCl)NC(=O)Cc1ccc(OC)c(OC)c1. The van der Waals surface area contributed by atoms with Crippen molar-refractivity contribution >= 4 is 17.5 Å². The molecule has 0 aromatic heterocycles. The number of rotatable bonds is 7. The zero-order chi connectivity index (χ0) is 14.3. The fourth-order valence-corrected chi connectivity index (χ4v) is 2.00. The van der Waals surface area contributed by atoms with Crippen LogP contribution in [-0.4, -0.2) is 32.0 Å². The van der Waals surface area contributed by atoms with Crippen LogP contribution in [-0.2, 0) is 11.2 Å². The molecule has 0 saturated carbocycles. The van der Waals surface area contributed by atoms with E-state index in [9.17, 15) is 4.79 Å². The Morgan fingerprint density at radius 1 is 1.32 bits per heavy atom. The molecule has 0 bridgehead atoms. The molecule has 1 atom stereocenters. The van der Waals surface area contributed by atoms with Gasteiger partial charge in [0, 0.05) is 11.9 Å². The van der Waals surface area contributed by atoms with E-state index in [-0.39, 0.29) is 11.9 Å². The molecule has 0 aliphatic carbocycles. The zero-order valence-electron chi connectivity index (χ0n) is 11.5. The van der Waals surface area contributed by atoms with Crippen LogP contribution in [0.5, 0.6) is 11.5 Å². The lowest BCUT2D eigenvalue weighted by molar-refractivity contribution is -0.121. The Labute approximate surface area is 119 Å². The van der Waals surface area contributed by atoms with Crippen molar-refractivity contribution < 1.29 is 14.3 Å². The predicted molar refractivity (Wildman–Crippen MR) is 76.2 cm³/mol. The summed E-state index contributed by atoms with van der Waals surface area (Å²) in [6.45, 7) is 1.99. The molecule has 0 aliphatic heterocycles. The molecule has 0 aliphatic rings. The number of nitrogens with one attached hydrogen (secondary N) is 1. The first-order valence-electron chi connectivity index (χ1n) is 6.20. The third-order valence-corrected chi connectivity index (χ3v) is 3.23. The Kier molecular flexibility index (Phi) is 6.50. The number of benzene rings is 1. The van der Waals surface area contributed by atoms with Gasteiger partial charge in [-0.2, -0.15) is 0 Å². The second-order valence-corrected chi connectivity index (χ2v) is 4.50. The Morgan fingerprint density at radius 2 is 2.00 bits per heavy atom. The van der Waals surface area contributed by atoms with Gasteiger partial charge in [-0.05, 0) is 24.1 Å². The van der Waals surface area contributed by atoms with Crippen LogP contribution in [0.15, 0.2) is 18.2 Å². The summed E-state index contributed by atoms with van der Waals surface area (Å²) < 4.78 is 10.4. The molecule has 106 valence electrons. The predicted octanol–water partition coefficient (Wildman–Crippen LogP) is 2.38. The molecule has 0 heterocycles. The van der Waals surface area contributed by atoms with Crippen molar-refractivity contribution in [2.24, 2.45) is 0 Å². The number of methoxy groups -OCH3 is 2. The Hall–Kier alpha value is -1.42. The quantitative estimate of drug-likeness (QED) is 0.783. The number of amides is 1. The van der Waals surface area contributed by atoms with Crippen LogP contribution < -0.4 is 14.8 Å². The van der Waals surface area contributed by atoms with Crippen molar-refractivity contribution in [1.82, 2.24) is 5.32 Å². The number of hydrogen-bond donors (Lipinski definition) is 1. The highest BCUT2D eigenvalue weighted by Crippen LogP contribution is 2.27. The van der Waals surface area contributed by atoms with Crippen molar-refractivity contribution in [3.63, 3.8) is 0 Å². The lowest BCUT2D eigenvalue weighted by Crippen LogP contribution is -2.36. The number of carbonyl (C=O) groups is 1. The summed E-state index contributed by atoms with van der Waals surface area (Å²) in [6, 6.07) is 5.47. The molecule has 1 amide bonds. The molecule has 1 N–H and O–H groups in total. The highest BCUT2D eigenvalue weighted by Gasteiger charge is 2.11. The fourth-order valence-electron chi connectivity index (χ4n) is 1.70. The van der Waals surface area contributed by atoms with E-state index < -0.39 is 0 Å². The summed E-state index contributed by atoms with van der Waals surface area (Å²) in [7, 11) is 3.15. The molecule has 0 fully saturated rings. The molecular formula is C14H20ClNO3. The van der Waals surface area contributed by atoms with Crippen molar-refractivity contribution in [1.29, 1.82) is 0 Å². The number of ether oxygens (including phenoxy) is 2. The summed E-state index contributed by atoms with van der Waals surface area (Å²) in [5.74, 6) is 1.66. The van der Waals surface area contributed by atoms with Gasteiger partial charge < -0.3 is 14.8 Å². The van der Waals surface area contributed by atoms with Crippen molar-refractivity contribution in [2.45, 2.75) is 25.8 Å². The van der Waals surface area contributed by atoms with Gasteiger partial charge in [-0.25, -0.2) is 0 Å².